The number of hydrogen-bond donors (Lipinski definition) is 0. The number of fused-ring (bicyclic) bond motifs is 2. The molecule has 2 aromatic carbocycles. The van der Waals surface area contributed by atoms with Crippen LogP contribution >= 0.6 is 0 Å². The Labute approximate surface area is 101 Å². The van der Waals surface area contributed by atoms with Gasteiger partial charge in [0.2, 0.25) is 5.43 Å². The molecule has 4 heteroatoms. The van der Waals surface area contributed by atoms with Crippen molar-refractivity contribution >= 4 is 21.9 Å². The van der Waals surface area contributed by atoms with Crippen molar-refractivity contribution in [3.8, 4) is 5.75 Å². The first-order chi connectivity index (χ1) is 8.69. The number of rotatable bonds is 1. The van der Waals surface area contributed by atoms with E-state index in [9.17, 15) is 9.18 Å². The van der Waals surface area contributed by atoms with Gasteiger partial charge in [0.05, 0.1) is 17.9 Å². The first-order valence-electron chi connectivity index (χ1n) is 5.39. The lowest BCUT2D eigenvalue weighted by molar-refractivity contribution is 0.415. The second-order valence-electron chi connectivity index (χ2n) is 3.93. The van der Waals surface area contributed by atoms with Gasteiger partial charge in [-0.15, -0.1) is 0 Å². The highest BCUT2D eigenvalue weighted by molar-refractivity contribution is 5.90. The van der Waals surface area contributed by atoms with E-state index in [0.29, 0.717) is 22.1 Å². The summed E-state index contributed by atoms with van der Waals surface area (Å²) in [6, 6.07) is 8.82. The molecule has 0 aliphatic heterocycles. The van der Waals surface area contributed by atoms with E-state index in [-0.39, 0.29) is 11.0 Å². The zero-order valence-corrected chi connectivity index (χ0v) is 9.57. The van der Waals surface area contributed by atoms with Crippen molar-refractivity contribution in [3.63, 3.8) is 0 Å². The smallest absolute Gasteiger partial charge is 0.200 e. The van der Waals surface area contributed by atoms with Crippen LogP contribution in [0.4, 0.5) is 4.39 Å². The van der Waals surface area contributed by atoms with Crippen molar-refractivity contribution in [2.45, 2.75) is 0 Å². The van der Waals surface area contributed by atoms with Crippen molar-refractivity contribution in [2.24, 2.45) is 0 Å². The van der Waals surface area contributed by atoms with Crippen molar-refractivity contribution in [1.29, 1.82) is 0 Å². The summed E-state index contributed by atoms with van der Waals surface area (Å²) in [5, 5.41) is 0.783. The minimum atomic E-state index is -0.432. The molecule has 3 aromatic rings. The van der Waals surface area contributed by atoms with E-state index in [1.54, 1.807) is 18.2 Å². The second kappa shape index (κ2) is 3.84. The molecule has 18 heavy (non-hydrogen) atoms. The summed E-state index contributed by atoms with van der Waals surface area (Å²) >= 11 is 0. The van der Waals surface area contributed by atoms with Gasteiger partial charge in [0.15, 0.2) is 0 Å². The van der Waals surface area contributed by atoms with Gasteiger partial charge in [0.1, 0.15) is 22.7 Å². The van der Waals surface area contributed by atoms with E-state index in [1.807, 2.05) is 0 Å². The van der Waals surface area contributed by atoms with Gasteiger partial charge >= 0.3 is 0 Å². The van der Waals surface area contributed by atoms with Crippen LogP contribution in [0, 0.1) is 5.82 Å². The van der Waals surface area contributed by atoms with Crippen LogP contribution in [0.1, 0.15) is 0 Å². The fraction of sp³-hybridized carbons (Fsp3) is 0.0714. The molecule has 0 bridgehead atoms. The molecular weight excluding hydrogens is 235 g/mol. The maximum absolute atomic E-state index is 13.1. The second-order valence-corrected chi connectivity index (χ2v) is 3.93. The van der Waals surface area contributed by atoms with Gasteiger partial charge in [0, 0.05) is 6.07 Å². The van der Waals surface area contributed by atoms with Gasteiger partial charge in [-0.1, -0.05) is 0 Å². The van der Waals surface area contributed by atoms with Crippen LogP contribution in [-0.2, 0) is 0 Å². The van der Waals surface area contributed by atoms with Crippen molar-refractivity contribution in [3.05, 3.63) is 52.4 Å². The molecule has 0 saturated carbocycles. The van der Waals surface area contributed by atoms with Crippen LogP contribution in [-0.4, -0.2) is 7.11 Å². The van der Waals surface area contributed by atoms with Crippen LogP contribution in [0.5, 0.6) is 5.75 Å². The van der Waals surface area contributed by atoms with Gasteiger partial charge < -0.3 is 9.15 Å². The first kappa shape index (κ1) is 10.8. The maximum atomic E-state index is 13.1. The predicted octanol–water partition coefficient (Wildman–Crippen LogP) is 3.09. The lowest BCUT2D eigenvalue weighted by Gasteiger charge is -2.03. The number of methoxy groups -OCH3 is 1. The average molecular weight is 244 g/mol. The van der Waals surface area contributed by atoms with E-state index in [1.165, 1.54) is 25.3 Å². The van der Waals surface area contributed by atoms with Crippen molar-refractivity contribution in [1.82, 2.24) is 0 Å². The lowest BCUT2D eigenvalue weighted by atomic mass is 10.1. The van der Waals surface area contributed by atoms with E-state index in [0.717, 1.165) is 0 Å². The molecular formula is C14H9FO3. The SMILES string of the molecule is COc1ccc2oc3cc(F)ccc3c(=O)c2c1. The summed E-state index contributed by atoms with van der Waals surface area (Å²) < 4.78 is 23.7. The average Bonchev–Trinajstić information content (AvgIpc) is 2.38. The van der Waals surface area contributed by atoms with Crippen LogP contribution in [0.15, 0.2) is 45.6 Å². The Balaban J connectivity index is 2.48. The Kier molecular flexibility index (Phi) is 2.30. The normalized spacial score (nSPS) is 11.0. The fourth-order valence-corrected chi connectivity index (χ4v) is 1.93. The van der Waals surface area contributed by atoms with Gasteiger partial charge in [0.25, 0.3) is 0 Å². The quantitative estimate of drug-likeness (QED) is 0.617. The van der Waals surface area contributed by atoms with Crippen molar-refractivity contribution in [2.75, 3.05) is 7.11 Å². The molecule has 0 aliphatic rings. The van der Waals surface area contributed by atoms with Crippen molar-refractivity contribution < 1.29 is 13.5 Å². The Bertz CT molecular complexity index is 805. The molecule has 1 aromatic heterocycles. The zero-order valence-electron chi connectivity index (χ0n) is 9.57. The molecule has 3 nitrogen and oxygen atoms in total. The fourth-order valence-electron chi connectivity index (χ4n) is 1.93. The van der Waals surface area contributed by atoms with E-state index < -0.39 is 5.82 Å². The van der Waals surface area contributed by atoms with Gasteiger partial charge in [-0.05, 0) is 30.3 Å². The molecule has 1 heterocycles. The Morgan fingerprint density at radius 2 is 1.89 bits per heavy atom. The summed E-state index contributed by atoms with van der Waals surface area (Å²) in [4.78, 5) is 12.2. The Morgan fingerprint density at radius 3 is 2.67 bits per heavy atom. The number of ether oxygens (including phenoxy) is 1. The Hall–Kier alpha value is -2.36. The molecule has 0 fully saturated rings. The van der Waals surface area contributed by atoms with Gasteiger partial charge in [-0.25, -0.2) is 4.39 Å². The Morgan fingerprint density at radius 1 is 1.06 bits per heavy atom. The molecule has 0 amide bonds. The summed E-state index contributed by atoms with van der Waals surface area (Å²) in [5.74, 6) is 0.148. The highest BCUT2D eigenvalue weighted by atomic mass is 19.1. The van der Waals surface area contributed by atoms with E-state index >= 15 is 0 Å². The highest BCUT2D eigenvalue weighted by Gasteiger charge is 2.09. The number of halogens is 1. The van der Waals surface area contributed by atoms with Crippen LogP contribution in [0.3, 0.4) is 0 Å². The molecule has 0 unspecified atom stereocenters. The lowest BCUT2D eigenvalue weighted by Crippen LogP contribution is -2.02. The monoisotopic (exact) mass is 244 g/mol. The summed E-state index contributed by atoms with van der Waals surface area (Å²) in [6.45, 7) is 0. The standard InChI is InChI=1S/C14H9FO3/c1-17-9-3-5-12-11(7-9)14(16)10-4-2-8(15)6-13(10)18-12/h2-7H,1H3. The molecule has 0 saturated heterocycles. The van der Waals surface area contributed by atoms with Crippen LogP contribution < -0.4 is 10.2 Å². The predicted molar refractivity (Wildman–Crippen MR) is 66.5 cm³/mol. The third kappa shape index (κ3) is 1.54. The molecule has 0 radical (unpaired) electrons. The van der Waals surface area contributed by atoms with Gasteiger partial charge in [-0.3, -0.25) is 4.79 Å². The molecule has 0 aliphatic carbocycles. The third-order valence-electron chi connectivity index (χ3n) is 2.84. The maximum Gasteiger partial charge on any atom is 0.200 e. The van der Waals surface area contributed by atoms with Crippen LogP contribution in [0.2, 0.25) is 0 Å². The molecule has 90 valence electrons. The first-order valence-corrected chi connectivity index (χ1v) is 5.39. The zero-order chi connectivity index (χ0) is 12.7. The summed E-state index contributed by atoms with van der Waals surface area (Å²) in [6.07, 6.45) is 0. The van der Waals surface area contributed by atoms with Gasteiger partial charge in [-0.2, -0.15) is 0 Å². The minimum absolute atomic E-state index is 0.190. The van der Waals surface area contributed by atoms with E-state index in [4.69, 9.17) is 9.15 Å². The third-order valence-corrected chi connectivity index (χ3v) is 2.84. The minimum Gasteiger partial charge on any atom is -0.497 e. The molecule has 0 N–H and O–H groups in total. The highest BCUT2D eigenvalue weighted by Crippen LogP contribution is 2.22. The molecule has 0 spiro atoms. The summed E-state index contributed by atoms with van der Waals surface area (Å²) in [7, 11) is 1.53. The topological polar surface area (TPSA) is 39.4 Å². The summed E-state index contributed by atoms with van der Waals surface area (Å²) in [5.41, 5.74) is 0.474. The largest absolute Gasteiger partial charge is 0.497 e. The number of benzene rings is 2. The molecule has 3 rings (SSSR count). The van der Waals surface area contributed by atoms with Crippen LogP contribution in [0.25, 0.3) is 21.9 Å². The number of hydrogen-bond acceptors (Lipinski definition) is 3. The van der Waals surface area contributed by atoms with E-state index in [2.05, 4.69) is 0 Å². The molecule has 0 atom stereocenters.